The smallest absolute Gasteiger partial charge is 0.119 e. The van der Waals surface area contributed by atoms with Crippen LogP contribution in [0.15, 0.2) is 42.5 Å². The molecule has 116 valence electrons. The zero-order chi connectivity index (χ0) is 16.4. The first-order chi connectivity index (χ1) is 11.2. The van der Waals surface area contributed by atoms with Gasteiger partial charge in [0.05, 0.1) is 23.4 Å². The molecule has 0 saturated carbocycles. The fraction of sp³-hybridized carbons (Fsp3) is 0.211. The molecule has 23 heavy (non-hydrogen) atoms. The standard InChI is InChI=1S/C19H19N3O/c1-3-22-17-7-5-6-16(21)18(17)15(12-20)19(22)13-8-10-14(11-9-13)23-4-2/h5-11H,3-4,21H2,1-2H3. The van der Waals surface area contributed by atoms with Crippen molar-refractivity contribution in [2.24, 2.45) is 0 Å². The zero-order valence-electron chi connectivity index (χ0n) is 13.3. The van der Waals surface area contributed by atoms with E-state index in [0.29, 0.717) is 17.9 Å². The van der Waals surface area contributed by atoms with Gasteiger partial charge in [-0.05, 0) is 55.8 Å². The van der Waals surface area contributed by atoms with Crippen LogP contribution in [0.25, 0.3) is 22.2 Å². The van der Waals surface area contributed by atoms with Gasteiger partial charge in [-0.1, -0.05) is 6.07 Å². The average Bonchev–Trinajstić information content (AvgIpc) is 2.90. The van der Waals surface area contributed by atoms with Crippen LogP contribution in [0.2, 0.25) is 0 Å². The Balaban J connectivity index is 2.28. The van der Waals surface area contributed by atoms with Gasteiger partial charge in [-0.15, -0.1) is 0 Å². The normalized spacial score (nSPS) is 10.7. The molecule has 1 heterocycles. The molecule has 0 amide bonds. The minimum atomic E-state index is 0.629. The predicted molar refractivity (Wildman–Crippen MR) is 93.3 cm³/mol. The van der Waals surface area contributed by atoms with E-state index in [1.165, 1.54) is 0 Å². The number of anilines is 1. The second-order valence-electron chi connectivity index (χ2n) is 5.28. The van der Waals surface area contributed by atoms with Crippen molar-refractivity contribution < 1.29 is 4.74 Å². The Bertz CT molecular complexity index is 886. The lowest BCUT2D eigenvalue weighted by Crippen LogP contribution is -1.98. The summed E-state index contributed by atoms with van der Waals surface area (Å²) in [6.45, 7) is 5.43. The van der Waals surface area contributed by atoms with E-state index in [9.17, 15) is 5.26 Å². The van der Waals surface area contributed by atoms with Crippen LogP contribution in [0.1, 0.15) is 19.4 Å². The van der Waals surface area contributed by atoms with Gasteiger partial charge in [-0.3, -0.25) is 0 Å². The summed E-state index contributed by atoms with van der Waals surface area (Å²) in [5, 5.41) is 10.5. The van der Waals surface area contributed by atoms with Crippen LogP contribution in [0.3, 0.4) is 0 Å². The highest BCUT2D eigenvalue weighted by Gasteiger charge is 2.19. The van der Waals surface area contributed by atoms with Crippen molar-refractivity contribution in [1.29, 1.82) is 5.26 Å². The van der Waals surface area contributed by atoms with Gasteiger partial charge in [0.25, 0.3) is 0 Å². The van der Waals surface area contributed by atoms with Gasteiger partial charge < -0.3 is 15.0 Å². The Labute approximate surface area is 135 Å². The highest BCUT2D eigenvalue weighted by molar-refractivity contribution is 6.01. The lowest BCUT2D eigenvalue weighted by molar-refractivity contribution is 0.340. The first-order valence-electron chi connectivity index (χ1n) is 7.75. The summed E-state index contributed by atoms with van der Waals surface area (Å²) in [6, 6.07) is 16.0. The number of nitrogens with two attached hydrogens (primary N) is 1. The summed E-state index contributed by atoms with van der Waals surface area (Å²) in [5.74, 6) is 0.827. The molecule has 1 aromatic heterocycles. The van der Waals surface area contributed by atoms with Gasteiger partial charge in [-0.25, -0.2) is 0 Å². The predicted octanol–water partition coefficient (Wildman–Crippen LogP) is 4.18. The molecule has 0 spiro atoms. The molecule has 0 saturated heterocycles. The molecule has 0 aliphatic rings. The summed E-state index contributed by atoms with van der Waals surface area (Å²) in [7, 11) is 0. The molecule has 2 N–H and O–H groups in total. The number of ether oxygens (including phenoxy) is 1. The number of aromatic nitrogens is 1. The molecule has 0 radical (unpaired) electrons. The molecule has 3 rings (SSSR count). The topological polar surface area (TPSA) is 64.0 Å². The average molecular weight is 305 g/mol. The fourth-order valence-electron chi connectivity index (χ4n) is 3.04. The van der Waals surface area contributed by atoms with E-state index in [4.69, 9.17) is 10.5 Å². The van der Waals surface area contributed by atoms with Crippen LogP contribution in [0.5, 0.6) is 5.75 Å². The van der Waals surface area contributed by atoms with Gasteiger partial charge >= 0.3 is 0 Å². The van der Waals surface area contributed by atoms with Crippen LogP contribution in [-0.2, 0) is 6.54 Å². The number of fused-ring (bicyclic) bond motifs is 1. The van der Waals surface area contributed by atoms with E-state index in [1.807, 2.05) is 49.4 Å². The molecular formula is C19H19N3O. The van der Waals surface area contributed by atoms with Gasteiger partial charge in [0, 0.05) is 17.6 Å². The van der Waals surface area contributed by atoms with Gasteiger partial charge in [0.1, 0.15) is 11.8 Å². The van der Waals surface area contributed by atoms with Crippen molar-refractivity contribution in [2.75, 3.05) is 12.3 Å². The zero-order valence-corrected chi connectivity index (χ0v) is 13.3. The molecule has 4 nitrogen and oxygen atoms in total. The SMILES string of the molecule is CCOc1ccc(-c2c(C#N)c3c(N)cccc3n2CC)cc1. The Hall–Kier alpha value is -2.93. The maximum Gasteiger partial charge on any atom is 0.119 e. The number of rotatable bonds is 4. The number of aryl methyl sites for hydroxylation is 1. The minimum Gasteiger partial charge on any atom is -0.494 e. The molecule has 0 aliphatic heterocycles. The Morgan fingerprint density at radius 3 is 2.48 bits per heavy atom. The lowest BCUT2D eigenvalue weighted by Gasteiger charge is -2.09. The maximum atomic E-state index is 9.71. The van der Waals surface area contributed by atoms with Gasteiger partial charge in [0.15, 0.2) is 0 Å². The second kappa shape index (κ2) is 6.05. The largest absolute Gasteiger partial charge is 0.494 e. The monoisotopic (exact) mass is 305 g/mol. The number of benzene rings is 2. The first-order valence-corrected chi connectivity index (χ1v) is 7.75. The third kappa shape index (κ3) is 2.40. The van der Waals surface area contributed by atoms with E-state index in [1.54, 1.807) is 0 Å². The van der Waals surface area contributed by atoms with Crippen LogP contribution >= 0.6 is 0 Å². The van der Waals surface area contributed by atoms with Crippen LogP contribution in [-0.4, -0.2) is 11.2 Å². The van der Waals surface area contributed by atoms with E-state index >= 15 is 0 Å². The quantitative estimate of drug-likeness (QED) is 0.735. The van der Waals surface area contributed by atoms with Crippen molar-refractivity contribution in [3.05, 3.63) is 48.0 Å². The Morgan fingerprint density at radius 2 is 1.87 bits per heavy atom. The second-order valence-corrected chi connectivity index (χ2v) is 5.28. The van der Waals surface area contributed by atoms with E-state index in [2.05, 4.69) is 17.6 Å². The maximum absolute atomic E-state index is 9.71. The molecule has 3 aromatic rings. The highest BCUT2D eigenvalue weighted by atomic mass is 16.5. The molecule has 0 unspecified atom stereocenters. The third-order valence-electron chi connectivity index (χ3n) is 3.99. The van der Waals surface area contributed by atoms with Gasteiger partial charge in [-0.2, -0.15) is 5.26 Å². The van der Waals surface area contributed by atoms with E-state index in [0.717, 1.165) is 34.5 Å². The summed E-state index contributed by atoms with van der Waals surface area (Å²) >= 11 is 0. The molecule has 4 heteroatoms. The van der Waals surface area contributed by atoms with E-state index < -0.39 is 0 Å². The summed E-state index contributed by atoms with van der Waals surface area (Å²) in [5.41, 5.74) is 10.3. The molecule has 0 bridgehead atoms. The summed E-state index contributed by atoms with van der Waals surface area (Å²) < 4.78 is 7.63. The van der Waals surface area contributed by atoms with Crippen molar-refractivity contribution in [3.63, 3.8) is 0 Å². The van der Waals surface area contributed by atoms with Gasteiger partial charge in [0.2, 0.25) is 0 Å². The third-order valence-corrected chi connectivity index (χ3v) is 3.99. The number of nitriles is 1. The Morgan fingerprint density at radius 1 is 1.13 bits per heavy atom. The van der Waals surface area contributed by atoms with E-state index in [-0.39, 0.29) is 0 Å². The first kappa shape index (κ1) is 15.0. The highest BCUT2D eigenvalue weighted by Crippen LogP contribution is 2.36. The van der Waals surface area contributed by atoms with Crippen molar-refractivity contribution in [3.8, 4) is 23.1 Å². The van der Waals surface area contributed by atoms with Crippen molar-refractivity contribution in [2.45, 2.75) is 20.4 Å². The lowest BCUT2D eigenvalue weighted by atomic mass is 10.1. The van der Waals surface area contributed by atoms with Crippen molar-refractivity contribution >= 4 is 16.6 Å². The van der Waals surface area contributed by atoms with Crippen LogP contribution in [0.4, 0.5) is 5.69 Å². The molecular weight excluding hydrogens is 286 g/mol. The summed E-state index contributed by atoms with van der Waals surface area (Å²) in [6.07, 6.45) is 0. The fourth-order valence-corrected chi connectivity index (χ4v) is 3.04. The number of nitrogen functional groups attached to an aromatic ring is 1. The number of hydrogen-bond donors (Lipinski definition) is 1. The molecule has 0 fully saturated rings. The van der Waals surface area contributed by atoms with Crippen LogP contribution in [0, 0.1) is 11.3 Å². The minimum absolute atomic E-state index is 0.629. The van der Waals surface area contributed by atoms with Crippen molar-refractivity contribution in [1.82, 2.24) is 4.57 Å². The van der Waals surface area contributed by atoms with Crippen LogP contribution < -0.4 is 10.5 Å². The number of hydrogen-bond acceptors (Lipinski definition) is 3. The molecule has 2 aromatic carbocycles. The Kier molecular flexibility index (Phi) is 3.94. The molecule has 0 aliphatic carbocycles. The number of nitrogens with zero attached hydrogens (tertiary/aromatic N) is 2. The molecule has 0 atom stereocenters. The summed E-state index contributed by atoms with van der Waals surface area (Å²) in [4.78, 5) is 0.